The number of hydrogen-bond donors (Lipinski definition) is 1. The standard InChI is InChI=1S/C15H32O6/c1-2-3-4-5-6-7-8-9-10-11-12-13-14-15-17-19-21-20-18-16/h16H,2-15H2,1H3. The van der Waals surface area contributed by atoms with Gasteiger partial charge in [0.25, 0.3) is 0 Å². The molecule has 128 valence electrons. The molecule has 0 aromatic rings. The number of rotatable bonds is 18. The maximum atomic E-state index is 7.71. The molecule has 0 heterocycles. The second kappa shape index (κ2) is 19.8. The molecule has 6 heteroatoms. The molecule has 0 aliphatic carbocycles. The maximum Gasteiger partial charge on any atom is 0.0855 e. The zero-order chi connectivity index (χ0) is 15.4. The normalized spacial score (nSPS) is 11.1. The molecular weight excluding hydrogens is 276 g/mol. The Kier molecular flexibility index (Phi) is 19.5. The molecule has 0 atom stereocenters. The van der Waals surface area contributed by atoms with E-state index in [1.54, 1.807) is 0 Å². The Labute approximate surface area is 128 Å². The van der Waals surface area contributed by atoms with Gasteiger partial charge in [-0.2, -0.15) is 0 Å². The highest BCUT2D eigenvalue weighted by atomic mass is 17.8. The van der Waals surface area contributed by atoms with Gasteiger partial charge in [-0.25, -0.2) is 10.1 Å². The molecule has 0 radical (unpaired) electrons. The van der Waals surface area contributed by atoms with Crippen molar-refractivity contribution < 1.29 is 30.3 Å². The summed E-state index contributed by atoms with van der Waals surface area (Å²) in [6.07, 6.45) is 16.9. The minimum absolute atomic E-state index is 0.423. The molecular formula is C15H32O6. The third-order valence-corrected chi connectivity index (χ3v) is 3.47. The van der Waals surface area contributed by atoms with E-state index in [9.17, 15) is 0 Å². The first-order valence-electron chi connectivity index (χ1n) is 8.35. The number of hydrogen-bond acceptors (Lipinski definition) is 6. The van der Waals surface area contributed by atoms with E-state index >= 15 is 0 Å². The molecule has 0 spiro atoms. The second-order valence-corrected chi connectivity index (χ2v) is 5.34. The zero-order valence-corrected chi connectivity index (χ0v) is 13.4. The minimum Gasteiger partial charge on any atom is -0.219 e. The Bertz CT molecular complexity index is 162. The van der Waals surface area contributed by atoms with Crippen LogP contribution in [0.5, 0.6) is 0 Å². The minimum atomic E-state index is 0.423. The fraction of sp³-hybridized carbons (Fsp3) is 1.00. The molecule has 0 aliphatic rings. The van der Waals surface area contributed by atoms with Gasteiger partial charge in [-0.05, 0) is 26.6 Å². The summed E-state index contributed by atoms with van der Waals surface area (Å²) in [4.78, 5) is 4.60. The van der Waals surface area contributed by atoms with Crippen molar-refractivity contribution in [3.8, 4) is 0 Å². The molecule has 0 unspecified atom stereocenters. The quantitative estimate of drug-likeness (QED) is 0.211. The van der Waals surface area contributed by atoms with E-state index in [-0.39, 0.29) is 0 Å². The van der Waals surface area contributed by atoms with E-state index < -0.39 is 0 Å². The van der Waals surface area contributed by atoms with Crippen LogP contribution in [-0.4, -0.2) is 11.9 Å². The second-order valence-electron chi connectivity index (χ2n) is 5.34. The molecule has 0 fully saturated rings. The van der Waals surface area contributed by atoms with E-state index in [0.29, 0.717) is 6.61 Å². The summed E-state index contributed by atoms with van der Waals surface area (Å²) in [5.74, 6) is 0. The highest BCUT2D eigenvalue weighted by Gasteiger charge is 1.95. The molecule has 21 heavy (non-hydrogen) atoms. The molecule has 0 aromatic carbocycles. The first-order chi connectivity index (χ1) is 10.4. The van der Waals surface area contributed by atoms with Crippen LogP contribution in [0.3, 0.4) is 0 Å². The van der Waals surface area contributed by atoms with Gasteiger partial charge in [0, 0.05) is 0 Å². The summed E-state index contributed by atoms with van der Waals surface area (Å²) in [5, 5.41) is 22.3. The first-order valence-corrected chi connectivity index (χ1v) is 8.35. The van der Waals surface area contributed by atoms with Crippen molar-refractivity contribution in [1.29, 1.82) is 0 Å². The van der Waals surface area contributed by atoms with Crippen LogP contribution >= 0.6 is 0 Å². The molecule has 0 aromatic heterocycles. The molecule has 0 aliphatic heterocycles. The first kappa shape index (κ1) is 20.8. The van der Waals surface area contributed by atoms with Crippen LogP contribution in [0.4, 0.5) is 0 Å². The molecule has 6 nitrogen and oxygen atoms in total. The van der Waals surface area contributed by atoms with Crippen molar-refractivity contribution in [2.75, 3.05) is 6.61 Å². The van der Waals surface area contributed by atoms with E-state index in [1.807, 2.05) is 0 Å². The van der Waals surface area contributed by atoms with Crippen molar-refractivity contribution in [2.24, 2.45) is 0 Å². The summed E-state index contributed by atoms with van der Waals surface area (Å²) >= 11 is 0. The lowest BCUT2D eigenvalue weighted by molar-refractivity contribution is -0.753. The van der Waals surface area contributed by atoms with Crippen LogP contribution < -0.4 is 0 Å². The number of unbranched alkanes of at least 4 members (excludes halogenated alkanes) is 12. The maximum absolute atomic E-state index is 7.71. The summed E-state index contributed by atoms with van der Waals surface area (Å²) in [7, 11) is 0. The van der Waals surface area contributed by atoms with Crippen molar-refractivity contribution in [1.82, 2.24) is 0 Å². The Hall–Kier alpha value is -0.240. The van der Waals surface area contributed by atoms with Gasteiger partial charge in [-0.1, -0.05) is 84.0 Å². The molecule has 0 saturated heterocycles. The van der Waals surface area contributed by atoms with Gasteiger partial charge in [-0.3, -0.25) is 0 Å². The smallest absolute Gasteiger partial charge is 0.0855 e. The third-order valence-electron chi connectivity index (χ3n) is 3.47. The van der Waals surface area contributed by atoms with E-state index in [4.69, 9.17) is 5.26 Å². The molecule has 1 N–H and O–H groups in total. The van der Waals surface area contributed by atoms with E-state index in [2.05, 4.69) is 32.0 Å². The Morgan fingerprint density at radius 2 is 1.05 bits per heavy atom. The van der Waals surface area contributed by atoms with Crippen LogP contribution in [0.15, 0.2) is 0 Å². The van der Waals surface area contributed by atoms with Crippen molar-refractivity contribution >= 4 is 0 Å². The Morgan fingerprint density at radius 1 is 0.571 bits per heavy atom. The van der Waals surface area contributed by atoms with Crippen molar-refractivity contribution in [3.63, 3.8) is 0 Å². The van der Waals surface area contributed by atoms with Crippen LogP contribution in [0.1, 0.15) is 90.4 Å². The van der Waals surface area contributed by atoms with Crippen LogP contribution in [-0.2, 0) is 25.0 Å². The monoisotopic (exact) mass is 308 g/mol. The molecule has 0 amide bonds. The summed E-state index contributed by atoms with van der Waals surface area (Å²) in [6.45, 7) is 2.68. The average Bonchev–Trinajstić information content (AvgIpc) is 2.50. The summed E-state index contributed by atoms with van der Waals surface area (Å²) in [5.41, 5.74) is 0. The Balaban J connectivity index is 2.90. The predicted molar refractivity (Wildman–Crippen MR) is 78.6 cm³/mol. The third kappa shape index (κ3) is 19.8. The fourth-order valence-electron chi connectivity index (χ4n) is 2.26. The van der Waals surface area contributed by atoms with E-state index in [0.717, 1.165) is 12.8 Å². The fourth-order valence-corrected chi connectivity index (χ4v) is 2.26. The van der Waals surface area contributed by atoms with E-state index in [1.165, 1.54) is 70.6 Å². The lowest BCUT2D eigenvalue weighted by atomic mass is 10.0. The summed E-state index contributed by atoms with van der Waals surface area (Å²) in [6, 6.07) is 0. The largest absolute Gasteiger partial charge is 0.219 e. The highest BCUT2D eigenvalue weighted by molar-refractivity contribution is 4.48. The van der Waals surface area contributed by atoms with Gasteiger partial charge in [0.2, 0.25) is 0 Å². The molecule has 0 saturated carbocycles. The lowest BCUT2D eigenvalue weighted by Gasteiger charge is -2.03. The van der Waals surface area contributed by atoms with Crippen molar-refractivity contribution in [3.05, 3.63) is 0 Å². The van der Waals surface area contributed by atoms with Gasteiger partial charge in [0.05, 0.1) is 6.61 Å². The van der Waals surface area contributed by atoms with Gasteiger partial charge in [0.15, 0.2) is 0 Å². The van der Waals surface area contributed by atoms with Gasteiger partial charge in [0.1, 0.15) is 0 Å². The van der Waals surface area contributed by atoms with Crippen LogP contribution in [0.2, 0.25) is 0 Å². The predicted octanol–water partition coefficient (Wildman–Crippen LogP) is 5.29. The van der Waals surface area contributed by atoms with Gasteiger partial charge in [-0.15, -0.1) is 0 Å². The molecule has 0 bridgehead atoms. The SMILES string of the molecule is CCCCCCCCCCCCCCCOOOOOO. The van der Waals surface area contributed by atoms with Crippen LogP contribution in [0, 0.1) is 0 Å². The average molecular weight is 308 g/mol. The zero-order valence-electron chi connectivity index (χ0n) is 13.4. The lowest BCUT2D eigenvalue weighted by Crippen LogP contribution is -1.99. The van der Waals surface area contributed by atoms with Gasteiger partial charge >= 0.3 is 0 Å². The summed E-state index contributed by atoms with van der Waals surface area (Å²) < 4.78 is 0. The highest BCUT2D eigenvalue weighted by Crippen LogP contribution is 2.12. The van der Waals surface area contributed by atoms with Crippen molar-refractivity contribution in [2.45, 2.75) is 90.4 Å². The van der Waals surface area contributed by atoms with Gasteiger partial charge < -0.3 is 0 Å². The van der Waals surface area contributed by atoms with Crippen LogP contribution in [0.25, 0.3) is 0 Å². The Morgan fingerprint density at radius 3 is 1.52 bits per heavy atom. The topological polar surface area (TPSA) is 66.4 Å². The molecule has 0 rings (SSSR count).